The van der Waals surface area contributed by atoms with Crippen LogP contribution >= 0.6 is 0 Å². The van der Waals surface area contributed by atoms with Gasteiger partial charge in [-0.25, -0.2) is 4.98 Å². The highest BCUT2D eigenvalue weighted by molar-refractivity contribution is 5.68. The summed E-state index contributed by atoms with van der Waals surface area (Å²) in [5, 5.41) is 23.0. The molecule has 0 radical (unpaired) electrons. The smallest absolute Gasteiger partial charge is 0.309 e. The van der Waals surface area contributed by atoms with Crippen LogP contribution in [0, 0.1) is 21.4 Å². The van der Waals surface area contributed by atoms with Gasteiger partial charge in [-0.2, -0.15) is 5.26 Å². The molecule has 7 nitrogen and oxygen atoms in total. The molecule has 0 unspecified atom stereocenters. The van der Waals surface area contributed by atoms with Crippen molar-refractivity contribution in [3.63, 3.8) is 0 Å². The topological polar surface area (TPSA) is 101 Å². The predicted octanol–water partition coefficient (Wildman–Crippen LogP) is 2.48. The number of aromatic nitrogens is 1. The van der Waals surface area contributed by atoms with Crippen molar-refractivity contribution in [2.24, 2.45) is 0 Å². The highest BCUT2D eigenvalue weighted by atomic mass is 16.6. The molecule has 0 aliphatic heterocycles. The zero-order chi connectivity index (χ0) is 15.2. The molecule has 0 saturated heterocycles. The van der Waals surface area contributed by atoms with Gasteiger partial charge >= 0.3 is 5.69 Å². The number of hydrogen-bond donors (Lipinski definition) is 1. The molecule has 0 spiro atoms. The monoisotopic (exact) mass is 284 g/mol. The Hall–Kier alpha value is -3.14. The first-order chi connectivity index (χ1) is 10.2. The number of benzene rings is 1. The van der Waals surface area contributed by atoms with Gasteiger partial charge in [0.1, 0.15) is 17.3 Å². The molecular formula is C14H12N4O3. The number of nitrogens with one attached hydrogen (secondary N) is 1. The molecule has 0 aliphatic rings. The number of nitriles is 1. The number of pyridine rings is 1. The number of hydrogen-bond acceptors (Lipinski definition) is 6. The number of rotatable bonds is 5. The Kier molecular flexibility index (Phi) is 4.31. The van der Waals surface area contributed by atoms with E-state index in [-0.39, 0.29) is 16.9 Å². The maximum Gasteiger partial charge on any atom is 0.309 e. The molecule has 7 heteroatoms. The zero-order valence-corrected chi connectivity index (χ0v) is 11.2. The minimum Gasteiger partial charge on any atom is -0.481 e. The summed E-state index contributed by atoms with van der Waals surface area (Å²) >= 11 is 0. The second-order valence-electron chi connectivity index (χ2n) is 4.10. The van der Waals surface area contributed by atoms with E-state index in [1.165, 1.54) is 13.2 Å². The molecule has 1 aromatic carbocycles. The highest BCUT2D eigenvalue weighted by Gasteiger charge is 2.19. The molecule has 1 heterocycles. The Bertz CT molecular complexity index is 710. The zero-order valence-electron chi connectivity index (χ0n) is 11.2. The number of methoxy groups -OCH3 is 1. The molecule has 2 aromatic rings. The Morgan fingerprint density at radius 3 is 2.90 bits per heavy atom. The summed E-state index contributed by atoms with van der Waals surface area (Å²) in [7, 11) is 1.50. The standard InChI is InChI=1S/C14H12N4O3/c1-21-14-11(5-3-7-16-14)9-17-12-6-2-4-10(8-15)13(12)18(19)20/h2-7,17H,9H2,1H3. The van der Waals surface area contributed by atoms with Crippen LogP contribution in [0.25, 0.3) is 0 Å². The minimum atomic E-state index is -0.568. The van der Waals surface area contributed by atoms with E-state index in [1.807, 2.05) is 6.07 Å². The van der Waals surface area contributed by atoms with E-state index in [9.17, 15) is 10.1 Å². The first-order valence-electron chi connectivity index (χ1n) is 6.06. The summed E-state index contributed by atoms with van der Waals surface area (Å²) in [5.74, 6) is 0.448. The number of nitro benzene ring substituents is 1. The lowest BCUT2D eigenvalue weighted by Crippen LogP contribution is -2.05. The Morgan fingerprint density at radius 1 is 1.43 bits per heavy atom. The molecule has 0 atom stereocenters. The first-order valence-corrected chi connectivity index (χ1v) is 6.06. The van der Waals surface area contributed by atoms with Crippen molar-refractivity contribution < 1.29 is 9.66 Å². The van der Waals surface area contributed by atoms with Gasteiger partial charge in [0.2, 0.25) is 5.88 Å². The van der Waals surface area contributed by atoms with Gasteiger partial charge in [0.05, 0.1) is 12.0 Å². The van der Waals surface area contributed by atoms with Gasteiger partial charge in [0.15, 0.2) is 0 Å². The van der Waals surface area contributed by atoms with E-state index in [2.05, 4.69) is 10.3 Å². The maximum atomic E-state index is 11.1. The lowest BCUT2D eigenvalue weighted by molar-refractivity contribution is -0.384. The van der Waals surface area contributed by atoms with Crippen LogP contribution in [0.2, 0.25) is 0 Å². The van der Waals surface area contributed by atoms with Crippen LogP contribution in [0.1, 0.15) is 11.1 Å². The SMILES string of the molecule is COc1ncccc1CNc1cccc(C#N)c1[N+](=O)[O-]. The van der Waals surface area contributed by atoms with Crippen LogP contribution in [0.3, 0.4) is 0 Å². The van der Waals surface area contributed by atoms with Gasteiger partial charge < -0.3 is 10.1 Å². The highest BCUT2D eigenvalue weighted by Crippen LogP contribution is 2.29. The minimum absolute atomic E-state index is 0.0168. The van der Waals surface area contributed by atoms with E-state index in [4.69, 9.17) is 10.00 Å². The molecule has 1 aromatic heterocycles. The molecule has 2 rings (SSSR count). The summed E-state index contributed by atoms with van der Waals surface area (Å²) in [6.07, 6.45) is 1.60. The van der Waals surface area contributed by atoms with Gasteiger partial charge in [-0.05, 0) is 18.2 Å². The Morgan fingerprint density at radius 2 is 2.24 bits per heavy atom. The third-order valence-corrected chi connectivity index (χ3v) is 2.85. The maximum absolute atomic E-state index is 11.1. The molecule has 0 fully saturated rings. The van der Waals surface area contributed by atoms with Gasteiger partial charge in [-0.1, -0.05) is 12.1 Å². The Balaban J connectivity index is 2.29. The summed E-state index contributed by atoms with van der Waals surface area (Å²) in [6.45, 7) is 0.298. The van der Waals surface area contributed by atoms with E-state index < -0.39 is 4.92 Å². The van der Waals surface area contributed by atoms with E-state index >= 15 is 0 Å². The second kappa shape index (κ2) is 6.34. The van der Waals surface area contributed by atoms with Crippen molar-refractivity contribution in [1.82, 2.24) is 4.98 Å². The average Bonchev–Trinajstić information content (AvgIpc) is 2.52. The van der Waals surface area contributed by atoms with Gasteiger partial charge in [0.25, 0.3) is 0 Å². The van der Waals surface area contributed by atoms with Crippen LogP contribution in [0.4, 0.5) is 11.4 Å². The molecule has 0 saturated carbocycles. The van der Waals surface area contributed by atoms with E-state index in [0.717, 1.165) is 5.56 Å². The Labute approximate surface area is 121 Å². The van der Waals surface area contributed by atoms with E-state index in [1.54, 1.807) is 30.5 Å². The summed E-state index contributed by atoms with van der Waals surface area (Å²) in [5.41, 5.74) is 0.827. The van der Waals surface area contributed by atoms with Crippen molar-refractivity contribution in [2.75, 3.05) is 12.4 Å². The van der Waals surface area contributed by atoms with Crippen molar-refractivity contribution >= 4 is 11.4 Å². The fourth-order valence-corrected chi connectivity index (χ4v) is 1.91. The van der Waals surface area contributed by atoms with Crippen molar-refractivity contribution in [3.05, 3.63) is 57.8 Å². The van der Waals surface area contributed by atoms with Gasteiger partial charge in [0, 0.05) is 18.3 Å². The lowest BCUT2D eigenvalue weighted by Gasteiger charge is -2.10. The number of para-hydroxylation sites is 1. The molecule has 1 N–H and O–H groups in total. The number of ether oxygens (including phenoxy) is 1. The van der Waals surface area contributed by atoms with Crippen LogP contribution in [-0.4, -0.2) is 17.0 Å². The van der Waals surface area contributed by atoms with Crippen molar-refractivity contribution in [2.45, 2.75) is 6.54 Å². The molecular weight excluding hydrogens is 272 g/mol. The normalized spacial score (nSPS) is 9.71. The number of nitro groups is 1. The predicted molar refractivity (Wildman–Crippen MR) is 75.9 cm³/mol. The number of anilines is 1. The molecule has 106 valence electrons. The fraction of sp³-hybridized carbons (Fsp3) is 0.143. The largest absolute Gasteiger partial charge is 0.481 e. The third-order valence-electron chi connectivity index (χ3n) is 2.85. The third kappa shape index (κ3) is 3.06. The van der Waals surface area contributed by atoms with Crippen LogP contribution in [0.5, 0.6) is 5.88 Å². The van der Waals surface area contributed by atoms with Gasteiger partial charge in [-0.15, -0.1) is 0 Å². The average molecular weight is 284 g/mol. The molecule has 0 bridgehead atoms. The summed E-state index contributed by atoms with van der Waals surface area (Å²) < 4.78 is 5.12. The van der Waals surface area contributed by atoms with Crippen LogP contribution in [0.15, 0.2) is 36.5 Å². The second-order valence-corrected chi connectivity index (χ2v) is 4.10. The lowest BCUT2D eigenvalue weighted by atomic mass is 10.1. The fourth-order valence-electron chi connectivity index (χ4n) is 1.91. The molecule has 0 amide bonds. The van der Waals surface area contributed by atoms with E-state index in [0.29, 0.717) is 12.4 Å². The number of nitrogens with zero attached hydrogens (tertiary/aromatic N) is 3. The van der Waals surface area contributed by atoms with Gasteiger partial charge in [-0.3, -0.25) is 10.1 Å². The van der Waals surface area contributed by atoms with Crippen LogP contribution < -0.4 is 10.1 Å². The van der Waals surface area contributed by atoms with Crippen molar-refractivity contribution in [3.8, 4) is 11.9 Å². The van der Waals surface area contributed by atoms with Crippen LogP contribution in [-0.2, 0) is 6.54 Å². The molecule has 0 aliphatic carbocycles. The molecule has 21 heavy (non-hydrogen) atoms. The summed E-state index contributed by atoms with van der Waals surface area (Å²) in [6, 6.07) is 9.93. The quantitative estimate of drug-likeness (QED) is 0.668. The first kappa shape index (κ1) is 14.3. The summed E-state index contributed by atoms with van der Waals surface area (Å²) in [4.78, 5) is 14.6. The van der Waals surface area contributed by atoms with Crippen molar-refractivity contribution in [1.29, 1.82) is 5.26 Å².